The SMILES string of the molecule is COCCC(=O)Nc1cccc(-c2nc(Nc3ccc(Cl)cc3)[nH]c(=O)c2C#N)c1. The third-order valence-electron chi connectivity index (χ3n) is 4.09. The predicted molar refractivity (Wildman–Crippen MR) is 115 cm³/mol. The quantitative estimate of drug-likeness (QED) is 0.533. The number of nitriles is 1. The summed E-state index contributed by atoms with van der Waals surface area (Å²) in [6.07, 6.45) is 0.211. The summed E-state index contributed by atoms with van der Waals surface area (Å²) in [5.41, 5.74) is 1.20. The molecular weight excluding hydrogens is 406 g/mol. The third kappa shape index (κ3) is 5.23. The van der Waals surface area contributed by atoms with E-state index in [1.54, 1.807) is 48.5 Å². The molecule has 0 aliphatic rings. The standard InChI is InChI=1S/C21H18ClN5O3/c1-30-10-9-18(28)24-16-4-2-3-13(11-16)19-17(12-23)20(29)27-21(26-19)25-15-7-5-14(22)6-8-15/h2-8,11H,9-10H2,1H3,(H,24,28)(H2,25,26,27,29). The van der Waals surface area contributed by atoms with Gasteiger partial charge in [-0.05, 0) is 36.4 Å². The summed E-state index contributed by atoms with van der Waals surface area (Å²) in [6, 6.07) is 15.5. The maximum absolute atomic E-state index is 12.4. The maximum Gasteiger partial charge on any atom is 0.270 e. The maximum atomic E-state index is 12.4. The number of benzene rings is 2. The van der Waals surface area contributed by atoms with E-state index < -0.39 is 5.56 Å². The van der Waals surface area contributed by atoms with Crippen LogP contribution >= 0.6 is 11.6 Å². The number of nitrogens with one attached hydrogen (secondary N) is 3. The lowest BCUT2D eigenvalue weighted by atomic mass is 10.1. The Kier molecular flexibility index (Phi) is 6.80. The molecular formula is C21H18ClN5O3. The molecule has 0 saturated heterocycles. The summed E-state index contributed by atoms with van der Waals surface area (Å²) in [5.74, 6) is -0.0377. The molecule has 1 aromatic heterocycles. The van der Waals surface area contributed by atoms with Gasteiger partial charge in [-0.15, -0.1) is 0 Å². The lowest BCUT2D eigenvalue weighted by molar-refractivity contribution is -0.117. The first-order chi connectivity index (χ1) is 14.5. The number of anilines is 3. The smallest absolute Gasteiger partial charge is 0.270 e. The molecule has 0 unspecified atom stereocenters. The van der Waals surface area contributed by atoms with Gasteiger partial charge in [0.15, 0.2) is 0 Å². The Morgan fingerprint density at radius 1 is 1.23 bits per heavy atom. The highest BCUT2D eigenvalue weighted by atomic mass is 35.5. The lowest BCUT2D eigenvalue weighted by Gasteiger charge is -2.10. The van der Waals surface area contributed by atoms with Crippen LogP contribution in [-0.4, -0.2) is 29.6 Å². The van der Waals surface area contributed by atoms with Crippen LogP contribution in [0.3, 0.4) is 0 Å². The second-order valence-corrected chi connectivity index (χ2v) is 6.69. The third-order valence-corrected chi connectivity index (χ3v) is 4.34. The van der Waals surface area contributed by atoms with E-state index >= 15 is 0 Å². The second-order valence-electron chi connectivity index (χ2n) is 6.25. The zero-order valence-corrected chi connectivity index (χ0v) is 16.8. The van der Waals surface area contributed by atoms with E-state index in [0.717, 1.165) is 0 Å². The fourth-order valence-electron chi connectivity index (χ4n) is 2.68. The monoisotopic (exact) mass is 423 g/mol. The van der Waals surface area contributed by atoms with Crippen molar-refractivity contribution in [2.75, 3.05) is 24.4 Å². The molecule has 0 saturated carbocycles. The molecule has 0 radical (unpaired) electrons. The molecule has 9 heteroatoms. The number of carbonyl (C=O) groups is 1. The molecule has 8 nitrogen and oxygen atoms in total. The molecule has 0 atom stereocenters. The zero-order valence-electron chi connectivity index (χ0n) is 16.0. The van der Waals surface area contributed by atoms with Gasteiger partial charge in [0.2, 0.25) is 11.9 Å². The minimum absolute atomic E-state index is 0.125. The number of hydrogen-bond acceptors (Lipinski definition) is 6. The Balaban J connectivity index is 1.94. The van der Waals surface area contributed by atoms with E-state index in [2.05, 4.69) is 20.6 Å². The van der Waals surface area contributed by atoms with Crippen molar-refractivity contribution < 1.29 is 9.53 Å². The van der Waals surface area contributed by atoms with Crippen LogP contribution in [0, 0.1) is 11.3 Å². The molecule has 0 bridgehead atoms. The molecule has 1 heterocycles. The minimum atomic E-state index is -0.575. The van der Waals surface area contributed by atoms with Crippen molar-refractivity contribution in [3.05, 3.63) is 69.5 Å². The van der Waals surface area contributed by atoms with Crippen LogP contribution in [0.25, 0.3) is 11.3 Å². The Morgan fingerprint density at radius 2 is 2.00 bits per heavy atom. The van der Waals surface area contributed by atoms with Crippen LogP contribution in [-0.2, 0) is 9.53 Å². The number of halogens is 1. The molecule has 1 amide bonds. The van der Waals surface area contributed by atoms with Crippen molar-refractivity contribution in [3.63, 3.8) is 0 Å². The Hall–Kier alpha value is -3.67. The fraction of sp³-hybridized carbons (Fsp3) is 0.143. The van der Waals surface area contributed by atoms with Gasteiger partial charge in [-0.25, -0.2) is 4.98 Å². The van der Waals surface area contributed by atoms with Crippen LogP contribution < -0.4 is 16.2 Å². The Bertz CT molecular complexity index is 1150. The van der Waals surface area contributed by atoms with Gasteiger partial charge in [0.25, 0.3) is 5.56 Å². The van der Waals surface area contributed by atoms with Gasteiger partial charge < -0.3 is 15.4 Å². The Morgan fingerprint density at radius 3 is 2.70 bits per heavy atom. The second kappa shape index (κ2) is 9.69. The van der Waals surface area contributed by atoms with Crippen LogP contribution in [0.2, 0.25) is 5.02 Å². The summed E-state index contributed by atoms with van der Waals surface area (Å²) in [5, 5.41) is 15.8. The molecule has 0 aliphatic carbocycles. The van der Waals surface area contributed by atoms with Gasteiger partial charge in [-0.3, -0.25) is 14.6 Å². The number of aromatic amines is 1. The van der Waals surface area contributed by atoms with Crippen molar-refractivity contribution in [1.29, 1.82) is 5.26 Å². The van der Waals surface area contributed by atoms with E-state index in [1.807, 2.05) is 6.07 Å². The number of amides is 1. The molecule has 0 fully saturated rings. The van der Waals surface area contributed by atoms with Crippen molar-refractivity contribution in [2.24, 2.45) is 0 Å². The Labute approximate surface area is 177 Å². The van der Waals surface area contributed by atoms with Gasteiger partial charge in [-0.1, -0.05) is 23.7 Å². The number of hydrogen-bond donors (Lipinski definition) is 3. The molecule has 3 aromatic rings. The molecule has 3 rings (SSSR count). The van der Waals surface area contributed by atoms with Gasteiger partial charge in [0.05, 0.1) is 18.7 Å². The molecule has 152 valence electrons. The van der Waals surface area contributed by atoms with Crippen LogP contribution in [0.15, 0.2) is 53.3 Å². The first-order valence-corrected chi connectivity index (χ1v) is 9.34. The summed E-state index contributed by atoms with van der Waals surface area (Å²) >= 11 is 5.89. The molecule has 2 aromatic carbocycles. The van der Waals surface area contributed by atoms with Gasteiger partial charge in [-0.2, -0.15) is 5.26 Å². The first kappa shape index (κ1) is 21.0. The highest BCUT2D eigenvalue weighted by molar-refractivity contribution is 6.30. The summed E-state index contributed by atoms with van der Waals surface area (Å²) in [4.78, 5) is 31.3. The normalized spacial score (nSPS) is 10.3. The van der Waals surface area contributed by atoms with E-state index in [4.69, 9.17) is 16.3 Å². The van der Waals surface area contributed by atoms with Gasteiger partial charge in [0.1, 0.15) is 11.6 Å². The van der Waals surface area contributed by atoms with Crippen LogP contribution in [0.1, 0.15) is 12.0 Å². The predicted octanol–water partition coefficient (Wildman–Crippen LogP) is 3.68. The van der Waals surface area contributed by atoms with Crippen LogP contribution in [0.5, 0.6) is 0 Å². The zero-order chi connectivity index (χ0) is 21.5. The number of rotatable bonds is 7. The molecule has 0 spiro atoms. The van der Waals surface area contributed by atoms with Gasteiger partial charge >= 0.3 is 0 Å². The molecule has 3 N–H and O–H groups in total. The number of methoxy groups -OCH3 is 1. The summed E-state index contributed by atoms with van der Waals surface area (Å²) in [7, 11) is 1.52. The van der Waals surface area contributed by atoms with Crippen molar-refractivity contribution in [3.8, 4) is 17.3 Å². The number of nitrogens with zero attached hydrogens (tertiary/aromatic N) is 2. The first-order valence-electron chi connectivity index (χ1n) is 8.96. The minimum Gasteiger partial charge on any atom is -0.384 e. The molecule has 30 heavy (non-hydrogen) atoms. The topological polar surface area (TPSA) is 120 Å². The van der Waals surface area contributed by atoms with Crippen molar-refractivity contribution >= 4 is 34.8 Å². The summed E-state index contributed by atoms with van der Waals surface area (Å²) < 4.78 is 4.90. The highest BCUT2D eigenvalue weighted by Crippen LogP contribution is 2.24. The number of ether oxygens (including phenoxy) is 1. The average Bonchev–Trinajstić information content (AvgIpc) is 2.74. The average molecular weight is 424 g/mol. The summed E-state index contributed by atoms with van der Waals surface area (Å²) in [6.45, 7) is 0.305. The fourth-order valence-corrected chi connectivity index (χ4v) is 2.80. The van der Waals surface area contributed by atoms with Crippen LogP contribution in [0.4, 0.5) is 17.3 Å². The van der Waals surface area contributed by atoms with E-state index in [-0.39, 0.29) is 29.5 Å². The largest absolute Gasteiger partial charge is 0.384 e. The number of carbonyl (C=O) groups excluding carboxylic acids is 1. The van der Waals surface area contributed by atoms with E-state index in [0.29, 0.717) is 28.6 Å². The van der Waals surface area contributed by atoms with E-state index in [9.17, 15) is 14.9 Å². The number of H-pyrrole nitrogens is 1. The molecule has 0 aliphatic heterocycles. The lowest BCUT2D eigenvalue weighted by Crippen LogP contribution is -2.16. The van der Waals surface area contributed by atoms with Gasteiger partial charge in [0, 0.05) is 29.1 Å². The highest BCUT2D eigenvalue weighted by Gasteiger charge is 2.14. The van der Waals surface area contributed by atoms with Crippen molar-refractivity contribution in [2.45, 2.75) is 6.42 Å². The van der Waals surface area contributed by atoms with Crippen molar-refractivity contribution in [1.82, 2.24) is 9.97 Å². The van der Waals surface area contributed by atoms with E-state index in [1.165, 1.54) is 7.11 Å². The number of aromatic nitrogens is 2.